The summed E-state index contributed by atoms with van der Waals surface area (Å²) in [4.78, 5) is 10.6. The number of rotatable bonds is 3. The lowest BCUT2D eigenvalue weighted by atomic mass is 10.2. The standard InChI is InChI=1S/C13H14N6/c14-6-11-3-4-13(16-7-11)19-5-1-2-12(19)8-18-10-15-9-17-18/h3-4,7,9-10,12H,1-2,5,8H2/t12-/m1/s1. The molecule has 0 bridgehead atoms. The van der Waals surface area contributed by atoms with Crippen LogP contribution in [0.3, 0.4) is 0 Å². The van der Waals surface area contributed by atoms with E-state index in [0.29, 0.717) is 11.6 Å². The predicted octanol–water partition coefficient (Wildman–Crippen LogP) is 1.21. The smallest absolute Gasteiger partial charge is 0.137 e. The number of pyridine rings is 1. The Hall–Kier alpha value is -2.42. The van der Waals surface area contributed by atoms with Crippen LogP contribution in [-0.4, -0.2) is 32.3 Å². The highest BCUT2D eigenvalue weighted by Crippen LogP contribution is 2.24. The van der Waals surface area contributed by atoms with E-state index in [-0.39, 0.29) is 0 Å². The van der Waals surface area contributed by atoms with E-state index in [2.05, 4.69) is 26.0 Å². The van der Waals surface area contributed by atoms with E-state index in [9.17, 15) is 0 Å². The molecule has 6 heteroatoms. The first-order valence-electron chi connectivity index (χ1n) is 6.32. The molecule has 1 aliphatic heterocycles. The fraction of sp³-hybridized carbons (Fsp3) is 0.385. The molecule has 1 aliphatic rings. The summed E-state index contributed by atoms with van der Waals surface area (Å²) in [5, 5.41) is 12.9. The van der Waals surface area contributed by atoms with Gasteiger partial charge in [0.15, 0.2) is 0 Å². The second-order valence-electron chi connectivity index (χ2n) is 4.62. The van der Waals surface area contributed by atoms with Crippen molar-refractivity contribution in [3.8, 4) is 6.07 Å². The minimum Gasteiger partial charge on any atom is -0.352 e. The molecule has 1 atom stereocenters. The molecule has 0 unspecified atom stereocenters. The van der Waals surface area contributed by atoms with Crippen molar-refractivity contribution < 1.29 is 0 Å². The molecule has 0 aliphatic carbocycles. The summed E-state index contributed by atoms with van der Waals surface area (Å²) in [5.74, 6) is 0.932. The molecule has 0 spiro atoms. The lowest BCUT2D eigenvalue weighted by molar-refractivity contribution is 0.506. The molecule has 6 nitrogen and oxygen atoms in total. The van der Waals surface area contributed by atoms with E-state index in [4.69, 9.17) is 5.26 Å². The summed E-state index contributed by atoms with van der Waals surface area (Å²) in [7, 11) is 0. The number of anilines is 1. The SMILES string of the molecule is N#Cc1ccc(N2CCC[C@@H]2Cn2cncn2)nc1. The minimum absolute atomic E-state index is 0.391. The molecule has 3 heterocycles. The molecule has 1 fully saturated rings. The van der Waals surface area contributed by atoms with Crippen LogP contribution >= 0.6 is 0 Å². The average Bonchev–Trinajstić information content (AvgIpc) is 3.11. The summed E-state index contributed by atoms with van der Waals surface area (Å²) in [6.07, 6.45) is 7.20. The zero-order chi connectivity index (χ0) is 13.1. The van der Waals surface area contributed by atoms with Gasteiger partial charge in [0.1, 0.15) is 24.5 Å². The van der Waals surface area contributed by atoms with E-state index in [0.717, 1.165) is 31.7 Å². The van der Waals surface area contributed by atoms with Gasteiger partial charge in [-0.1, -0.05) is 0 Å². The predicted molar refractivity (Wildman–Crippen MR) is 69.3 cm³/mol. The Morgan fingerprint density at radius 3 is 3.05 bits per heavy atom. The summed E-state index contributed by atoms with van der Waals surface area (Å²) >= 11 is 0. The first-order chi connectivity index (χ1) is 9.36. The maximum atomic E-state index is 8.79. The highest BCUT2D eigenvalue weighted by molar-refractivity contribution is 5.43. The Morgan fingerprint density at radius 1 is 1.42 bits per heavy atom. The molecule has 0 N–H and O–H groups in total. The van der Waals surface area contributed by atoms with Crippen LogP contribution in [-0.2, 0) is 6.54 Å². The zero-order valence-corrected chi connectivity index (χ0v) is 10.5. The number of nitrogens with zero attached hydrogens (tertiary/aromatic N) is 6. The zero-order valence-electron chi connectivity index (χ0n) is 10.5. The Labute approximate surface area is 111 Å². The highest BCUT2D eigenvalue weighted by atomic mass is 15.3. The lowest BCUT2D eigenvalue weighted by Crippen LogP contribution is -2.33. The monoisotopic (exact) mass is 254 g/mol. The topological polar surface area (TPSA) is 70.6 Å². The van der Waals surface area contributed by atoms with Gasteiger partial charge in [-0.15, -0.1) is 0 Å². The quantitative estimate of drug-likeness (QED) is 0.823. The molecule has 0 radical (unpaired) electrons. The third-order valence-electron chi connectivity index (χ3n) is 3.41. The van der Waals surface area contributed by atoms with Gasteiger partial charge in [-0.2, -0.15) is 10.4 Å². The average molecular weight is 254 g/mol. The van der Waals surface area contributed by atoms with Crippen LogP contribution < -0.4 is 4.90 Å². The number of aromatic nitrogens is 4. The van der Waals surface area contributed by atoms with Crippen LogP contribution in [0.1, 0.15) is 18.4 Å². The van der Waals surface area contributed by atoms with Crippen molar-refractivity contribution in [2.24, 2.45) is 0 Å². The van der Waals surface area contributed by atoms with Gasteiger partial charge >= 0.3 is 0 Å². The third kappa shape index (κ3) is 2.40. The fourth-order valence-electron chi connectivity index (χ4n) is 2.49. The molecule has 1 saturated heterocycles. The third-order valence-corrected chi connectivity index (χ3v) is 3.41. The summed E-state index contributed by atoms with van der Waals surface area (Å²) in [5.41, 5.74) is 0.593. The molecule has 0 saturated carbocycles. The van der Waals surface area contributed by atoms with Crippen LogP contribution in [0, 0.1) is 11.3 Å². The molecule has 0 amide bonds. The van der Waals surface area contributed by atoms with E-state index in [1.807, 2.05) is 16.8 Å². The van der Waals surface area contributed by atoms with Gasteiger partial charge in [0.25, 0.3) is 0 Å². The van der Waals surface area contributed by atoms with E-state index in [1.54, 1.807) is 18.9 Å². The Balaban J connectivity index is 1.76. The molecule has 0 aromatic carbocycles. The van der Waals surface area contributed by atoms with Crippen molar-refractivity contribution in [2.75, 3.05) is 11.4 Å². The molecule has 2 aromatic rings. The molecular weight excluding hydrogens is 240 g/mol. The van der Waals surface area contributed by atoms with Crippen molar-refractivity contribution in [1.82, 2.24) is 19.7 Å². The van der Waals surface area contributed by atoms with Crippen molar-refractivity contribution in [1.29, 1.82) is 5.26 Å². The maximum Gasteiger partial charge on any atom is 0.137 e. The Bertz CT molecular complexity index is 568. The number of nitriles is 1. The van der Waals surface area contributed by atoms with Crippen molar-refractivity contribution in [3.63, 3.8) is 0 Å². The van der Waals surface area contributed by atoms with Crippen LogP contribution in [0.2, 0.25) is 0 Å². The van der Waals surface area contributed by atoms with Crippen molar-refractivity contribution in [2.45, 2.75) is 25.4 Å². The second-order valence-corrected chi connectivity index (χ2v) is 4.62. The van der Waals surface area contributed by atoms with Gasteiger partial charge in [-0.05, 0) is 25.0 Å². The largest absolute Gasteiger partial charge is 0.352 e. The van der Waals surface area contributed by atoms with Gasteiger partial charge in [0, 0.05) is 12.7 Å². The first kappa shape index (κ1) is 11.7. The van der Waals surface area contributed by atoms with Crippen LogP contribution in [0.5, 0.6) is 0 Å². The maximum absolute atomic E-state index is 8.79. The van der Waals surface area contributed by atoms with Crippen molar-refractivity contribution >= 4 is 5.82 Å². The van der Waals surface area contributed by atoms with Gasteiger partial charge in [0.05, 0.1) is 18.2 Å². The summed E-state index contributed by atoms with van der Waals surface area (Å²) in [6, 6.07) is 6.21. The molecule has 19 heavy (non-hydrogen) atoms. The first-order valence-corrected chi connectivity index (χ1v) is 6.32. The minimum atomic E-state index is 0.391. The summed E-state index contributed by atoms with van der Waals surface area (Å²) in [6.45, 7) is 1.82. The van der Waals surface area contributed by atoms with Gasteiger partial charge < -0.3 is 4.90 Å². The lowest BCUT2D eigenvalue weighted by Gasteiger charge is -2.25. The second kappa shape index (κ2) is 5.06. The van der Waals surface area contributed by atoms with Gasteiger partial charge in [0.2, 0.25) is 0 Å². The van der Waals surface area contributed by atoms with E-state index in [1.165, 1.54) is 0 Å². The number of hydrogen-bond donors (Lipinski definition) is 0. The highest BCUT2D eigenvalue weighted by Gasteiger charge is 2.26. The van der Waals surface area contributed by atoms with Crippen molar-refractivity contribution in [3.05, 3.63) is 36.5 Å². The van der Waals surface area contributed by atoms with Gasteiger partial charge in [-0.25, -0.2) is 9.97 Å². The van der Waals surface area contributed by atoms with Crippen LogP contribution in [0.4, 0.5) is 5.82 Å². The molecule has 2 aromatic heterocycles. The van der Waals surface area contributed by atoms with Crippen LogP contribution in [0.25, 0.3) is 0 Å². The molecular formula is C13H14N6. The van der Waals surface area contributed by atoms with E-state index < -0.39 is 0 Å². The number of hydrogen-bond acceptors (Lipinski definition) is 5. The normalized spacial score (nSPS) is 18.5. The van der Waals surface area contributed by atoms with Crippen LogP contribution in [0.15, 0.2) is 31.0 Å². The van der Waals surface area contributed by atoms with Gasteiger partial charge in [-0.3, -0.25) is 4.68 Å². The summed E-state index contributed by atoms with van der Waals surface area (Å²) < 4.78 is 1.85. The molecule has 96 valence electrons. The fourth-order valence-corrected chi connectivity index (χ4v) is 2.49. The molecule has 3 rings (SSSR count). The Morgan fingerprint density at radius 2 is 2.37 bits per heavy atom. The Kier molecular flexibility index (Phi) is 3.11. The van der Waals surface area contributed by atoms with E-state index >= 15 is 0 Å².